The number of nitrogens with zero attached hydrogens (tertiary/aromatic N) is 1. The summed E-state index contributed by atoms with van der Waals surface area (Å²) in [5, 5.41) is 0. The molecule has 116 valence electrons. The summed E-state index contributed by atoms with van der Waals surface area (Å²) < 4.78 is 4.82. The fraction of sp³-hybridized carbons (Fsp3) is 0.714. The number of nitrogens with two attached hydrogens (primary N) is 1. The zero-order valence-corrected chi connectivity index (χ0v) is 13.5. The molecule has 5 nitrogen and oxygen atoms in total. The number of carbonyl (C=O) groups is 2. The van der Waals surface area contributed by atoms with Crippen LogP contribution in [0.4, 0.5) is 0 Å². The molecular weight excluding hydrogens is 276 g/mol. The summed E-state index contributed by atoms with van der Waals surface area (Å²) in [6.07, 6.45) is 0.517. The lowest BCUT2D eigenvalue weighted by molar-refractivity contribution is -0.144. The first-order valence-corrected chi connectivity index (χ1v) is 7.99. The van der Waals surface area contributed by atoms with Crippen LogP contribution in [0, 0.1) is 0 Å². The Hall–Kier alpha value is -1.01. The molecule has 0 heterocycles. The van der Waals surface area contributed by atoms with Crippen molar-refractivity contribution in [3.63, 3.8) is 0 Å². The summed E-state index contributed by atoms with van der Waals surface area (Å²) in [4.78, 5) is 25.0. The minimum atomic E-state index is -0.602. The number of rotatable bonds is 10. The maximum absolute atomic E-state index is 11.9. The normalized spacial score (nSPS) is 11.8. The van der Waals surface area contributed by atoms with Gasteiger partial charge >= 0.3 is 5.97 Å². The van der Waals surface area contributed by atoms with E-state index < -0.39 is 6.04 Å². The van der Waals surface area contributed by atoms with E-state index in [4.69, 9.17) is 10.5 Å². The molecule has 0 aromatic rings. The van der Waals surface area contributed by atoms with E-state index in [-0.39, 0.29) is 11.9 Å². The van der Waals surface area contributed by atoms with Gasteiger partial charge in [-0.1, -0.05) is 12.2 Å². The molecule has 0 saturated carbocycles. The Labute approximate surface area is 125 Å². The van der Waals surface area contributed by atoms with Gasteiger partial charge in [0.05, 0.1) is 12.4 Å². The van der Waals surface area contributed by atoms with Gasteiger partial charge in [-0.25, -0.2) is 0 Å². The topological polar surface area (TPSA) is 72.6 Å². The average molecular weight is 302 g/mol. The van der Waals surface area contributed by atoms with Gasteiger partial charge in [0.1, 0.15) is 6.04 Å². The molecule has 0 rings (SSSR count). The van der Waals surface area contributed by atoms with Crippen LogP contribution < -0.4 is 5.73 Å². The van der Waals surface area contributed by atoms with Crippen LogP contribution in [0.15, 0.2) is 12.2 Å². The lowest BCUT2D eigenvalue weighted by Crippen LogP contribution is -2.34. The van der Waals surface area contributed by atoms with Crippen molar-refractivity contribution in [3.8, 4) is 0 Å². The average Bonchev–Trinajstić information content (AvgIpc) is 2.40. The van der Waals surface area contributed by atoms with E-state index >= 15 is 0 Å². The third-order valence-electron chi connectivity index (χ3n) is 2.58. The van der Waals surface area contributed by atoms with Crippen molar-refractivity contribution in [2.24, 2.45) is 5.73 Å². The second-order valence-electron chi connectivity index (χ2n) is 4.56. The molecule has 1 amide bonds. The van der Waals surface area contributed by atoms with Gasteiger partial charge in [-0.05, 0) is 32.9 Å². The Kier molecular flexibility index (Phi) is 10.2. The summed E-state index contributed by atoms with van der Waals surface area (Å²) in [5.41, 5.74) is 6.64. The van der Waals surface area contributed by atoms with Crippen molar-refractivity contribution < 1.29 is 14.3 Å². The van der Waals surface area contributed by atoms with E-state index in [0.717, 1.165) is 5.57 Å². The number of likely N-dealkylation sites (N-methyl/N-ethyl adjacent to an activating group) is 1. The third-order valence-corrected chi connectivity index (χ3v) is 3.56. The molecule has 0 aliphatic rings. The van der Waals surface area contributed by atoms with Crippen molar-refractivity contribution in [3.05, 3.63) is 12.2 Å². The van der Waals surface area contributed by atoms with Gasteiger partial charge in [-0.15, -0.1) is 0 Å². The largest absolute Gasteiger partial charge is 0.465 e. The van der Waals surface area contributed by atoms with Gasteiger partial charge in [0.15, 0.2) is 0 Å². The van der Waals surface area contributed by atoms with E-state index in [1.54, 1.807) is 11.8 Å². The van der Waals surface area contributed by atoms with Crippen molar-refractivity contribution in [2.45, 2.75) is 33.2 Å². The van der Waals surface area contributed by atoms with Crippen molar-refractivity contribution in [2.75, 3.05) is 31.2 Å². The highest BCUT2D eigenvalue weighted by molar-refractivity contribution is 7.99. The van der Waals surface area contributed by atoms with Crippen LogP contribution in [-0.2, 0) is 14.3 Å². The second kappa shape index (κ2) is 10.7. The minimum Gasteiger partial charge on any atom is -0.465 e. The number of hydrogen-bond acceptors (Lipinski definition) is 5. The highest BCUT2D eigenvalue weighted by atomic mass is 32.2. The van der Waals surface area contributed by atoms with Crippen molar-refractivity contribution in [1.29, 1.82) is 0 Å². The Morgan fingerprint density at radius 3 is 2.55 bits per heavy atom. The predicted molar refractivity (Wildman–Crippen MR) is 83.6 cm³/mol. The summed E-state index contributed by atoms with van der Waals surface area (Å²) in [6, 6.07) is -0.602. The molecule has 0 saturated heterocycles. The molecule has 2 N–H and O–H groups in total. The van der Waals surface area contributed by atoms with Crippen molar-refractivity contribution in [1.82, 2.24) is 4.90 Å². The number of carbonyl (C=O) groups excluding carboxylic acids is 2. The number of amides is 1. The van der Waals surface area contributed by atoms with E-state index in [2.05, 4.69) is 6.58 Å². The summed E-state index contributed by atoms with van der Waals surface area (Å²) in [6.45, 7) is 11.0. The Morgan fingerprint density at radius 2 is 2.05 bits per heavy atom. The molecule has 0 fully saturated rings. The van der Waals surface area contributed by atoms with Crippen LogP contribution in [0.1, 0.15) is 27.2 Å². The Morgan fingerprint density at radius 1 is 1.40 bits per heavy atom. The number of ether oxygens (including phenoxy) is 1. The standard InChI is InChI=1S/C14H26N2O3S/c1-5-16(9-11(3)4)13(17)10-20-8-7-12(15)14(18)19-6-2/h12H,3,5-10,15H2,1-2,4H3. The number of esters is 1. The Balaban J connectivity index is 3.91. The maximum Gasteiger partial charge on any atom is 0.322 e. The molecule has 1 unspecified atom stereocenters. The molecule has 0 bridgehead atoms. The van der Waals surface area contributed by atoms with Gasteiger partial charge in [0, 0.05) is 13.1 Å². The molecular formula is C14H26N2O3S. The van der Waals surface area contributed by atoms with Crippen LogP contribution in [-0.4, -0.2) is 54.0 Å². The Bertz CT molecular complexity index is 334. The molecule has 20 heavy (non-hydrogen) atoms. The van der Waals surface area contributed by atoms with E-state index in [9.17, 15) is 9.59 Å². The van der Waals surface area contributed by atoms with Crippen LogP contribution in [0.3, 0.4) is 0 Å². The lowest BCUT2D eigenvalue weighted by Gasteiger charge is -2.20. The van der Waals surface area contributed by atoms with Gasteiger partial charge in [0.2, 0.25) is 5.91 Å². The van der Waals surface area contributed by atoms with E-state index in [0.29, 0.717) is 37.6 Å². The molecule has 0 aliphatic carbocycles. The minimum absolute atomic E-state index is 0.0882. The summed E-state index contributed by atoms with van der Waals surface area (Å²) in [5.74, 6) is 0.773. The predicted octanol–water partition coefficient (Wildman–Crippen LogP) is 1.42. The highest BCUT2D eigenvalue weighted by Gasteiger charge is 2.15. The van der Waals surface area contributed by atoms with Gasteiger partial charge < -0.3 is 15.4 Å². The van der Waals surface area contributed by atoms with Crippen molar-refractivity contribution >= 4 is 23.6 Å². The first kappa shape index (κ1) is 19.0. The maximum atomic E-state index is 11.9. The number of thioether (sulfide) groups is 1. The molecule has 0 radical (unpaired) electrons. The van der Waals surface area contributed by atoms with Gasteiger partial charge in [-0.2, -0.15) is 11.8 Å². The molecule has 0 aliphatic heterocycles. The molecule has 1 atom stereocenters. The molecule has 0 spiro atoms. The van der Waals surface area contributed by atoms with E-state index in [1.165, 1.54) is 11.8 Å². The first-order chi connectivity index (χ1) is 9.42. The number of hydrogen-bond donors (Lipinski definition) is 1. The quantitative estimate of drug-likeness (QED) is 0.375. The zero-order valence-electron chi connectivity index (χ0n) is 12.7. The fourth-order valence-electron chi connectivity index (χ4n) is 1.53. The van der Waals surface area contributed by atoms with Gasteiger partial charge in [-0.3, -0.25) is 9.59 Å². The smallest absolute Gasteiger partial charge is 0.322 e. The summed E-state index contributed by atoms with van der Waals surface area (Å²) in [7, 11) is 0. The lowest BCUT2D eigenvalue weighted by atomic mass is 10.2. The van der Waals surface area contributed by atoms with Gasteiger partial charge in [0.25, 0.3) is 0 Å². The van der Waals surface area contributed by atoms with E-state index in [1.807, 2.05) is 13.8 Å². The molecule has 6 heteroatoms. The first-order valence-electron chi connectivity index (χ1n) is 6.84. The SMILES string of the molecule is C=C(C)CN(CC)C(=O)CSCCC(N)C(=O)OCC. The highest BCUT2D eigenvalue weighted by Crippen LogP contribution is 2.08. The molecule has 0 aromatic heterocycles. The van der Waals surface area contributed by atoms with Crippen LogP contribution >= 0.6 is 11.8 Å². The second-order valence-corrected chi connectivity index (χ2v) is 5.67. The summed E-state index contributed by atoms with van der Waals surface area (Å²) >= 11 is 1.49. The fourth-order valence-corrected chi connectivity index (χ4v) is 2.45. The molecule has 0 aromatic carbocycles. The zero-order chi connectivity index (χ0) is 15.5. The monoisotopic (exact) mass is 302 g/mol. The third kappa shape index (κ3) is 8.22. The van der Waals surface area contributed by atoms with Crippen LogP contribution in [0.5, 0.6) is 0 Å². The van der Waals surface area contributed by atoms with Crippen LogP contribution in [0.2, 0.25) is 0 Å². The van der Waals surface area contributed by atoms with Crippen LogP contribution in [0.25, 0.3) is 0 Å².